The summed E-state index contributed by atoms with van der Waals surface area (Å²) >= 11 is 0. The first kappa shape index (κ1) is 12.6. The van der Waals surface area contributed by atoms with Gasteiger partial charge in [0.15, 0.2) is 0 Å². The number of allylic oxidation sites excluding steroid dienone is 1. The van der Waals surface area contributed by atoms with E-state index in [0.29, 0.717) is 18.2 Å². The molecule has 0 aromatic carbocycles. The normalized spacial score (nSPS) is 33.8. The Morgan fingerprint density at radius 1 is 1.59 bits per heavy atom. The van der Waals surface area contributed by atoms with Gasteiger partial charge in [0.1, 0.15) is 0 Å². The third-order valence-corrected chi connectivity index (χ3v) is 3.99. The lowest BCUT2D eigenvalue weighted by Gasteiger charge is -2.20. The average molecular weight is 239 g/mol. The first-order valence-electron chi connectivity index (χ1n) is 6.35. The number of nitrogens with zero attached hydrogens (tertiary/aromatic N) is 1. The largest absolute Gasteiger partial charge is 0.462 e. The highest BCUT2D eigenvalue weighted by Gasteiger charge is 2.43. The van der Waals surface area contributed by atoms with Crippen LogP contribution in [-0.4, -0.2) is 47.8 Å². The maximum absolute atomic E-state index is 11.5. The van der Waals surface area contributed by atoms with Crippen molar-refractivity contribution in [2.24, 2.45) is 5.92 Å². The zero-order chi connectivity index (χ0) is 12.4. The fourth-order valence-electron chi connectivity index (χ4n) is 2.82. The van der Waals surface area contributed by atoms with E-state index in [1.807, 2.05) is 6.92 Å². The molecule has 2 aliphatic rings. The second kappa shape index (κ2) is 5.19. The van der Waals surface area contributed by atoms with Gasteiger partial charge in [0.05, 0.1) is 12.7 Å². The second-order valence-corrected chi connectivity index (χ2v) is 5.01. The molecule has 96 valence electrons. The van der Waals surface area contributed by atoms with Gasteiger partial charge < -0.3 is 9.84 Å². The standard InChI is InChI=1S/C13H21NO3/c1-3-9(2)13(16)17-8-10-11-5-4-6-14(11)7-12(10)15/h3,10-12,15H,4-8H2,1-2H3/b9-3-/t10-,11+,12+/m1/s1. The van der Waals surface area contributed by atoms with Crippen molar-refractivity contribution in [3.05, 3.63) is 11.6 Å². The van der Waals surface area contributed by atoms with Crippen LogP contribution in [0.1, 0.15) is 26.7 Å². The van der Waals surface area contributed by atoms with E-state index in [-0.39, 0.29) is 18.0 Å². The van der Waals surface area contributed by atoms with Gasteiger partial charge in [-0.3, -0.25) is 4.90 Å². The molecule has 2 rings (SSSR count). The maximum Gasteiger partial charge on any atom is 0.333 e. The Kier molecular flexibility index (Phi) is 3.84. The SMILES string of the molecule is C/C=C(/C)C(=O)OC[C@H]1[C@@H](O)CN2CCC[C@@H]12. The van der Waals surface area contributed by atoms with Crippen molar-refractivity contribution in [3.8, 4) is 0 Å². The van der Waals surface area contributed by atoms with Crippen LogP contribution in [0.3, 0.4) is 0 Å². The lowest BCUT2D eigenvalue weighted by Crippen LogP contribution is -2.31. The summed E-state index contributed by atoms with van der Waals surface area (Å²) in [7, 11) is 0. The molecule has 0 spiro atoms. The Hall–Kier alpha value is -0.870. The Morgan fingerprint density at radius 2 is 2.35 bits per heavy atom. The smallest absolute Gasteiger partial charge is 0.333 e. The van der Waals surface area contributed by atoms with Crippen LogP contribution in [0.15, 0.2) is 11.6 Å². The van der Waals surface area contributed by atoms with Crippen LogP contribution in [0, 0.1) is 5.92 Å². The number of hydrogen-bond acceptors (Lipinski definition) is 4. The summed E-state index contributed by atoms with van der Waals surface area (Å²) in [5.74, 6) is -0.178. The molecular weight excluding hydrogens is 218 g/mol. The number of aliphatic hydroxyl groups excluding tert-OH is 1. The minimum absolute atomic E-state index is 0.0890. The summed E-state index contributed by atoms with van der Waals surface area (Å²) < 4.78 is 5.26. The highest BCUT2D eigenvalue weighted by Crippen LogP contribution is 2.33. The number of carbonyl (C=O) groups is 1. The van der Waals surface area contributed by atoms with E-state index in [4.69, 9.17) is 4.74 Å². The first-order chi connectivity index (χ1) is 8.13. The van der Waals surface area contributed by atoms with Crippen LogP contribution in [0.5, 0.6) is 0 Å². The molecule has 17 heavy (non-hydrogen) atoms. The van der Waals surface area contributed by atoms with Crippen LogP contribution >= 0.6 is 0 Å². The van der Waals surface area contributed by atoms with Gasteiger partial charge in [0.2, 0.25) is 0 Å². The van der Waals surface area contributed by atoms with Gasteiger partial charge in [0.25, 0.3) is 0 Å². The number of esters is 1. The molecule has 2 fully saturated rings. The number of aliphatic hydroxyl groups is 1. The van der Waals surface area contributed by atoms with Crippen molar-refractivity contribution in [3.63, 3.8) is 0 Å². The summed E-state index contributed by atoms with van der Waals surface area (Å²) in [5, 5.41) is 9.96. The highest BCUT2D eigenvalue weighted by atomic mass is 16.5. The van der Waals surface area contributed by atoms with Gasteiger partial charge in [-0.15, -0.1) is 0 Å². The van der Waals surface area contributed by atoms with E-state index >= 15 is 0 Å². The molecule has 3 atom stereocenters. The monoisotopic (exact) mass is 239 g/mol. The van der Waals surface area contributed by atoms with E-state index in [0.717, 1.165) is 19.5 Å². The van der Waals surface area contributed by atoms with Gasteiger partial charge in [0, 0.05) is 24.1 Å². The van der Waals surface area contributed by atoms with Crippen molar-refractivity contribution >= 4 is 5.97 Å². The Morgan fingerprint density at radius 3 is 3.06 bits per heavy atom. The average Bonchev–Trinajstić information content (AvgIpc) is 2.86. The fraction of sp³-hybridized carbons (Fsp3) is 0.769. The van der Waals surface area contributed by atoms with Gasteiger partial charge >= 0.3 is 5.97 Å². The minimum Gasteiger partial charge on any atom is -0.462 e. The van der Waals surface area contributed by atoms with Crippen molar-refractivity contribution < 1.29 is 14.6 Å². The molecule has 1 N–H and O–H groups in total. The number of rotatable bonds is 3. The topological polar surface area (TPSA) is 49.8 Å². The molecule has 2 aliphatic heterocycles. The van der Waals surface area contributed by atoms with Crippen LogP contribution in [0.2, 0.25) is 0 Å². The molecule has 2 saturated heterocycles. The lowest BCUT2D eigenvalue weighted by molar-refractivity contribution is -0.141. The molecule has 4 nitrogen and oxygen atoms in total. The molecule has 0 aromatic rings. The van der Waals surface area contributed by atoms with E-state index in [2.05, 4.69) is 4.90 Å². The predicted molar refractivity (Wildman–Crippen MR) is 64.5 cm³/mol. The predicted octanol–water partition coefficient (Wildman–Crippen LogP) is 0.951. The molecule has 2 heterocycles. The number of fused-ring (bicyclic) bond motifs is 1. The molecular formula is C13H21NO3. The molecule has 0 aromatic heterocycles. The zero-order valence-corrected chi connectivity index (χ0v) is 10.6. The number of hydrogen-bond donors (Lipinski definition) is 1. The third-order valence-electron chi connectivity index (χ3n) is 3.99. The van der Waals surface area contributed by atoms with Crippen LogP contribution in [-0.2, 0) is 9.53 Å². The van der Waals surface area contributed by atoms with Crippen LogP contribution in [0.4, 0.5) is 0 Å². The van der Waals surface area contributed by atoms with Gasteiger partial charge in [-0.1, -0.05) is 6.08 Å². The quantitative estimate of drug-likeness (QED) is 0.588. The summed E-state index contributed by atoms with van der Waals surface area (Å²) in [5.41, 5.74) is 0.626. The fourth-order valence-corrected chi connectivity index (χ4v) is 2.82. The highest BCUT2D eigenvalue weighted by molar-refractivity contribution is 5.87. The van der Waals surface area contributed by atoms with Crippen molar-refractivity contribution in [1.29, 1.82) is 0 Å². The van der Waals surface area contributed by atoms with Crippen molar-refractivity contribution in [2.75, 3.05) is 19.7 Å². The van der Waals surface area contributed by atoms with Crippen LogP contribution < -0.4 is 0 Å². The third kappa shape index (κ3) is 2.53. The Labute approximate surface area is 102 Å². The van der Waals surface area contributed by atoms with Gasteiger partial charge in [-0.25, -0.2) is 4.79 Å². The summed E-state index contributed by atoms with van der Waals surface area (Å²) in [4.78, 5) is 13.9. The summed E-state index contributed by atoms with van der Waals surface area (Å²) in [6.07, 6.45) is 3.70. The zero-order valence-electron chi connectivity index (χ0n) is 10.6. The number of carbonyl (C=O) groups excluding carboxylic acids is 1. The number of ether oxygens (including phenoxy) is 1. The van der Waals surface area contributed by atoms with E-state index in [9.17, 15) is 9.90 Å². The molecule has 0 saturated carbocycles. The van der Waals surface area contributed by atoms with E-state index < -0.39 is 0 Å². The lowest BCUT2D eigenvalue weighted by atomic mass is 9.97. The molecule has 0 amide bonds. The summed E-state index contributed by atoms with van der Waals surface area (Å²) in [6.45, 7) is 5.71. The molecule has 0 aliphatic carbocycles. The van der Waals surface area contributed by atoms with Crippen molar-refractivity contribution in [2.45, 2.75) is 38.8 Å². The Bertz CT molecular complexity index is 327. The first-order valence-corrected chi connectivity index (χ1v) is 6.35. The molecule has 0 radical (unpaired) electrons. The van der Waals surface area contributed by atoms with E-state index in [1.54, 1.807) is 13.0 Å². The summed E-state index contributed by atoms with van der Waals surface area (Å²) in [6, 6.07) is 0.406. The molecule has 0 unspecified atom stereocenters. The molecule has 0 bridgehead atoms. The van der Waals surface area contributed by atoms with E-state index in [1.165, 1.54) is 6.42 Å². The van der Waals surface area contributed by atoms with Crippen LogP contribution in [0.25, 0.3) is 0 Å². The minimum atomic E-state index is -0.348. The molecule has 4 heteroatoms. The van der Waals surface area contributed by atoms with Gasteiger partial charge in [-0.05, 0) is 33.2 Å². The van der Waals surface area contributed by atoms with Gasteiger partial charge in [-0.2, -0.15) is 0 Å². The van der Waals surface area contributed by atoms with Crippen molar-refractivity contribution in [1.82, 2.24) is 4.90 Å². The second-order valence-electron chi connectivity index (χ2n) is 5.01. The Balaban J connectivity index is 1.88. The maximum atomic E-state index is 11.5.